The number of alkyl halides is 2. The summed E-state index contributed by atoms with van der Waals surface area (Å²) < 4.78 is 64.5. The second kappa shape index (κ2) is 9.28. The molecular weight excluding hydrogens is 522 g/mol. The molecule has 0 saturated carbocycles. The largest absolute Gasteiger partial charge is 0.342 e. The lowest BCUT2D eigenvalue weighted by Gasteiger charge is -2.27. The van der Waals surface area contributed by atoms with Crippen molar-refractivity contribution in [3.05, 3.63) is 78.0 Å². The normalized spacial score (nSPS) is 14.5. The molecule has 196 valence electrons. The molecule has 9 nitrogen and oxygen atoms in total. The predicted octanol–water partition coefficient (Wildman–Crippen LogP) is 4.79. The zero-order chi connectivity index (χ0) is 25.9. The van der Waals surface area contributed by atoms with E-state index in [-0.39, 0.29) is 37.5 Å². The van der Waals surface area contributed by atoms with Crippen molar-refractivity contribution in [2.75, 3.05) is 5.32 Å². The zero-order valence-corrected chi connectivity index (χ0v) is 21.1. The lowest BCUT2D eigenvalue weighted by Crippen LogP contribution is -2.28. The molecular formula is C24H21F4N9S. The van der Waals surface area contributed by atoms with Crippen molar-refractivity contribution in [1.29, 1.82) is 0 Å². The highest BCUT2D eigenvalue weighted by Gasteiger charge is 2.44. The van der Waals surface area contributed by atoms with Gasteiger partial charge in [0.15, 0.2) is 11.6 Å². The molecule has 5 heterocycles. The minimum absolute atomic E-state index is 0. The molecule has 4 aromatic heterocycles. The van der Waals surface area contributed by atoms with Crippen molar-refractivity contribution in [2.24, 2.45) is 7.05 Å². The summed E-state index contributed by atoms with van der Waals surface area (Å²) in [6.07, 6.45) is 4.32. The Balaban J connectivity index is 0.00000294. The van der Waals surface area contributed by atoms with Gasteiger partial charge in [-0.3, -0.25) is 9.25 Å². The predicted molar refractivity (Wildman–Crippen MR) is 135 cm³/mol. The molecule has 5 aromatic rings. The Morgan fingerprint density at radius 1 is 1.08 bits per heavy atom. The van der Waals surface area contributed by atoms with Gasteiger partial charge in [-0.25, -0.2) is 18.7 Å². The fourth-order valence-electron chi connectivity index (χ4n) is 4.52. The maximum absolute atomic E-state index is 15.4. The highest BCUT2D eigenvalue weighted by atomic mass is 32.1. The van der Waals surface area contributed by atoms with Crippen molar-refractivity contribution < 1.29 is 17.6 Å². The lowest BCUT2D eigenvalue weighted by atomic mass is 10.1. The van der Waals surface area contributed by atoms with E-state index in [0.29, 0.717) is 17.1 Å². The van der Waals surface area contributed by atoms with Crippen molar-refractivity contribution >= 4 is 25.3 Å². The standard InChI is InChI=1S/C24H19F4N9.H2S/c1-13-11-36-12-14(20-17(26)10-29-23(32-20)31-19-7-8-30-35(19)2)9-18(36)21-33-34-22(37(13)21)24(27,28)15-5-3-4-6-16(15)25;/h3-10,12-13H,11H2,1-2H3,(H,29,31,32);1H2/t13-;/m0./s1. The number of rotatable bonds is 5. The van der Waals surface area contributed by atoms with Crippen LogP contribution in [0, 0.1) is 11.6 Å². The second-order valence-electron chi connectivity index (χ2n) is 8.74. The average Bonchev–Trinajstić information content (AvgIpc) is 3.59. The first-order valence-electron chi connectivity index (χ1n) is 11.3. The van der Waals surface area contributed by atoms with Gasteiger partial charge in [-0.15, -0.1) is 10.2 Å². The molecule has 0 saturated heterocycles. The average molecular weight is 544 g/mol. The number of hydrogen-bond donors (Lipinski definition) is 1. The van der Waals surface area contributed by atoms with Crippen LogP contribution < -0.4 is 5.32 Å². The van der Waals surface area contributed by atoms with Gasteiger partial charge in [-0.2, -0.15) is 27.4 Å². The summed E-state index contributed by atoms with van der Waals surface area (Å²) >= 11 is 0. The van der Waals surface area contributed by atoms with Gasteiger partial charge in [0.1, 0.15) is 17.3 Å². The number of halogens is 4. The van der Waals surface area contributed by atoms with Crippen molar-refractivity contribution in [3.8, 4) is 22.8 Å². The molecule has 1 aromatic carbocycles. The first kappa shape index (κ1) is 25.4. The number of nitrogens with one attached hydrogen (secondary N) is 1. The van der Waals surface area contributed by atoms with Gasteiger partial charge in [0.25, 0.3) is 0 Å². The van der Waals surface area contributed by atoms with E-state index in [4.69, 9.17) is 0 Å². The minimum Gasteiger partial charge on any atom is -0.342 e. The van der Waals surface area contributed by atoms with Crippen LogP contribution in [0.1, 0.15) is 24.4 Å². The third kappa shape index (κ3) is 4.00. The fraction of sp³-hybridized carbons (Fsp3) is 0.208. The van der Waals surface area contributed by atoms with Crippen LogP contribution in [0.4, 0.5) is 29.3 Å². The van der Waals surface area contributed by atoms with E-state index in [1.165, 1.54) is 16.7 Å². The summed E-state index contributed by atoms with van der Waals surface area (Å²) in [6, 6.07) is 7.53. The summed E-state index contributed by atoms with van der Waals surface area (Å²) in [5.74, 6) is -5.13. The summed E-state index contributed by atoms with van der Waals surface area (Å²) in [5, 5.41) is 14.8. The van der Waals surface area contributed by atoms with Gasteiger partial charge >= 0.3 is 5.92 Å². The second-order valence-corrected chi connectivity index (χ2v) is 8.74. The van der Waals surface area contributed by atoms with Gasteiger partial charge in [0, 0.05) is 31.4 Å². The van der Waals surface area contributed by atoms with Gasteiger partial charge in [-0.1, -0.05) is 12.1 Å². The number of benzene rings is 1. The van der Waals surface area contributed by atoms with E-state index in [9.17, 15) is 8.78 Å². The fourth-order valence-corrected chi connectivity index (χ4v) is 4.52. The number of aryl methyl sites for hydroxylation is 1. The van der Waals surface area contributed by atoms with Crippen LogP contribution in [0.3, 0.4) is 0 Å². The zero-order valence-electron chi connectivity index (χ0n) is 20.1. The van der Waals surface area contributed by atoms with Crippen LogP contribution in [0.15, 0.2) is 55.0 Å². The smallest absolute Gasteiger partial charge is 0.334 e. The van der Waals surface area contributed by atoms with Crippen molar-refractivity contribution in [1.82, 2.24) is 39.1 Å². The number of aromatic nitrogens is 8. The van der Waals surface area contributed by atoms with E-state index in [1.807, 2.05) is 0 Å². The monoisotopic (exact) mass is 543 g/mol. The Bertz CT molecular complexity index is 1640. The Labute approximate surface area is 220 Å². The van der Waals surface area contributed by atoms with Crippen molar-refractivity contribution in [2.45, 2.75) is 25.4 Å². The van der Waals surface area contributed by atoms with Crippen LogP contribution in [0.25, 0.3) is 22.8 Å². The van der Waals surface area contributed by atoms with Crippen LogP contribution in [0.5, 0.6) is 0 Å². The first-order valence-corrected chi connectivity index (χ1v) is 11.3. The number of nitrogens with zero attached hydrogens (tertiary/aromatic N) is 8. The molecule has 0 bridgehead atoms. The van der Waals surface area contributed by atoms with Crippen LogP contribution >= 0.6 is 13.5 Å². The SMILES string of the molecule is C[C@H]1Cn2cc(-c3nc(Nc4ccnn4C)ncc3F)cc2-c2nnc(C(F)(F)c3ccccc3F)n21.S. The molecule has 14 heteroatoms. The van der Waals surface area contributed by atoms with E-state index < -0.39 is 35.0 Å². The Morgan fingerprint density at radius 3 is 2.61 bits per heavy atom. The summed E-state index contributed by atoms with van der Waals surface area (Å²) in [4.78, 5) is 8.31. The van der Waals surface area contributed by atoms with Gasteiger partial charge in [0.2, 0.25) is 11.8 Å². The quantitative estimate of drug-likeness (QED) is 0.321. The molecule has 0 fully saturated rings. The number of anilines is 2. The molecule has 0 unspecified atom stereocenters. The third-order valence-corrected chi connectivity index (χ3v) is 6.29. The third-order valence-electron chi connectivity index (χ3n) is 6.29. The molecule has 0 amide bonds. The molecule has 1 aliphatic heterocycles. The first-order chi connectivity index (χ1) is 17.7. The summed E-state index contributed by atoms with van der Waals surface area (Å²) in [7, 11) is 1.73. The molecule has 1 atom stereocenters. The van der Waals surface area contributed by atoms with Crippen LogP contribution in [-0.2, 0) is 19.5 Å². The van der Waals surface area contributed by atoms with Gasteiger partial charge < -0.3 is 9.88 Å². The highest BCUT2D eigenvalue weighted by molar-refractivity contribution is 7.59. The maximum Gasteiger partial charge on any atom is 0.334 e. The Morgan fingerprint density at radius 2 is 1.87 bits per heavy atom. The summed E-state index contributed by atoms with van der Waals surface area (Å²) in [6.45, 7) is 2.02. The van der Waals surface area contributed by atoms with E-state index >= 15 is 8.78 Å². The van der Waals surface area contributed by atoms with E-state index in [0.717, 1.165) is 18.3 Å². The topological polar surface area (TPSA) is 91.3 Å². The summed E-state index contributed by atoms with van der Waals surface area (Å²) in [5.41, 5.74) is 0.108. The van der Waals surface area contributed by atoms with Crippen LogP contribution in [0.2, 0.25) is 0 Å². The number of fused-ring (bicyclic) bond motifs is 3. The minimum atomic E-state index is -3.71. The number of hydrogen-bond acceptors (Lipinski definition) is 6. The molecule has 0 spiro atoms. The lowest BCUT2D eigenvalue weighted by molar-refractivity contribution is 0.0231. The Hall–Kier alpha value is -4.20. The van der Waals surface area contributed by atoms with Gasteiger partial charge in [-0.05, 0) is 25.1 Å². The van der Waals surface area contributed by atoms with Crippen LogP contribution in [-0.4, -0.2) is 39.1 Å². The molecule has 0 aliphatic carbocycles. The highest BCUT2D eigenvalue weighted by Crippen LogP contribution is 2.41. The van der Waals surface area contributed by atoms with Gasteiger partial charge in [0.05, 0.1) is 29.7 Å². The van der Waals surface area contributed by atoms with E-state index in [2.05, 4.69) is 30.6 Å². The van der Waals surface area contributed by atoms with Crippen molar-refractivity contribution in [3.63, 3.8) is 0 Å². The Kier molecular flexibility index (Phi) is 6.21. The molecule has 6 rings (SSSR count). The molecule has 1 N–H and O–H groups in total. The molecule has 1 aliphatic rings. The van der Waals surface area contributed by atoms with E-state index in [1.54, 1.807) is 47.7 Å². The molecule has 38 heavy (non-hydrogen) atoms. The maximum atomic E-state index is 15.4. The molecule has 0 radical (unpaired) electrons.